The summed E-state index contributed by atoms with van der Waals surface area (Å²) < 4.78 is 10.9. The smallest absolute Gasteiger partial charge is 0.121 e. The Hall–Kier alpha value is -2.33. The van der Waals surface area contributed by atoms with Crippen molar-refractivity contribution in [3.8, 4) is 5.75 Å². The summed E-state index contributed by atoms with van der Waals surface area (Å²) in [6.07, 6.45) is 3.46. The van der Waals surface area contributed by atoms with Crippen molar-refractivity contribution in [1.29, 1.82) is 0 Å². The van der Waals surface area contributed by atoms with E-state index in [4.69, 9.17) is 9.15 Å². The first kappa shape index (κ1) is 12.7. The van der Waals surface area contributed by atoms with Gasteiger partial charge >= 0.3 is 0 Å². The highest BCUT2D eigenvalue weighted by Crippen LogP contribution is 2.18. The molecular formula is C16H16N2O2. The third kappa shape index (κ3) is 3.16. The molecule has 102 valence electrons. The fourth-order valence-corrected chi connectivity index (χ4v) is 2.00. The number of pyridine rings is 1. The number of nitrogens with zero attached hydrogens (tertiary/aromatic N) is 1. The molecule has 0 saturated carbocycles. The van der Waals surface area contributed by atoms with E-state index in [-0.39, 0.29) is 0 Å². The van der Waals surface area contributed by atoms with Crippen LogP contribution in [0.15, 0.2) is 59.3 Å². The SMILES string of the molecule is c1coc(CNCCOc2ccc3cccnc3c2)c1. The van der Waals surface area contributed by atoms with Crippen LogP contribution >= 0.6 is 0 Å². The number of rotatable bonds is 6. The van der Waals surface area contributed by atoms with E-state index in [9.17, 15) is 0 Å². The van der Waals surface area contributed by atoms with Crippen molar-refractivity contribution in [3.05, 3.63) is 60.7 Å². The summed E-state index contributed by atoms with van der Waals surface area (Å²) in [6.45, 7) is 2.09. The molecule has 0 aliphatic rings. The lowest BCUT2D eigenvalue weighted by Gasteiger charge is -2.07. The van der Waals surface area contributed by atoms with Crippen molar-refractivity contribution in [2.75, 3.05) is 13.2 Å². The van der Waals surface area contributed by atoms with Crippen LogP contribution in [0.3, 0.4) is 0 Å². The van der Waals surface area contributed by atoms with Crippen LogP contribution in [0.2, 0.25) is 0 Å². The molecular weight excluding hydrogens is 252 g/mol. The molecule has 0 spiro atoms. The van der Waals surface area contributed by atoms with Crippen LogP contribution in [-0.4, -0.2) is 18.1 Å². The van der Waals surface area contributed by atoms with E-state index in [2.05, 4.69) is 10.3 Å². The number of furan rings is 1. The summed E-state index contributed by atoms with van der Waals surface area (Å²) in [4.78, 5) is 4.31. The van der Waals surface area contributed by atoms with Crippen molar-refractivity contribution < 1.29 is 9.15 Å². The second kappa shape index (κ2) is 6.21. The maximum atomic E-state index is 5.70. The highest BCUT2D eigenvalue weighted by molar-refractivity contribution is 5.79. The molecule has 0 atom stereocenters. The minimum atomic E-state index is 0.610. The van der Waals surface area contributed by atoms with Crippen molar-refractivity contribution in [3.63, 3.8) is 0 Å². The average molecular weight is 268 g/mol. The van der Waals surface area contributed by atoms with Crippen molar-refractivity contribution in [1.82, 2.24) is 10.3 Å². The van der Waals surface area contributed by atoms with Gasteiger partial charge in [0.25, 0.3) is 0 Å². The van der Waals surface area contributed by atoms with Gasteiger partial charge in [-0.1, -0.05) is 6.07 Å². The molecule has 3 aromatic rings. The molecule has 0 radical (unpaired) electrons. The Balaban J connectivity index is 1.47. The molecule has 4 heteroatoms. The highest BCUT2D eigenvalue weighted by Gasteiger charge is 1.98. The number of hydrogen-bond acceptors (Lipinski definition) is 4. The zero-order valence-electron chi connectivity index (χ0n) is 11.1. The van der Waals surface area contributed by atoms with Gasteiger partial charge in [0.1, 0.15) is 18.1 Å². The monoisotopic (exact) mass is 268 g/mol. The largest absolute Gasteiger partial charge is 0.492 e. The molecule has 4 nitrogen and oxygen atoms in total. The van der Waals surface area contributed by atoms with Crippen molar-refractivity contribution >= 4 is 10.9 Å². The van der Waals surface area contributed by atoms with E-state index in [1.54, 1.807) is 12.5 Å². The Bertz CT molecular complexity index is 665. The highest BCUT2D eigenvalue weighted by atomic mass is 16.5. The lowest BCUT2D eigenvalue weighted by Crippen LogP contribution is -2.20. The van der Waals surface area contributed by atoms with E-state index in [0.717, 1.165) is 35.5 Å². The molecule has 20 heavy (non-hydrogen) atoms. The number of benzene rings is 1. The molecule has 0 amide bonds. The normalized spacial score (nSPS) is 10.8. The molecule has 0 aliphatic carbocycles. The first-order valence-corrected chi connectivity index (χ1v) is 6.62. The van der Waals surface area contributed by atoms with Crippen LogP contribution in [0, 0.1) is 0 Å². The third-order valence-corrected chi connectivity index (χ3v) is 3.00. The minimum Gasteiger partial charge on any atom is -0.492 e. The molecule has 0 fully saturated rings. The van der Waals surface area contributed by atoms with Crippen LogP contribution in [-0.2, 0) is 6.54 Å². The van der Waals surface area contributed by atoms with E-state index in [0.29, 0.717) is 6.61 Å². The van der Waals surface area contributed by atoms with E-state index in [1.165, 1.54) is 0 Å². The van der Waals surface area contributed by atoms with E-state index >= 15 is 0 Å². The lowest BCUT2D eigenvalue weighted by atomic mass is 10.2. The molecule has 0 saturated heterocycles. The second-order valence-electron chi connectivity index (χ2n) is 4.46. The minimum absolute atomic E-state index is 0.610. The van der Waals surface area contributed by atoms with Crippen LogP contribution in [0.5, 0.6) is 5.75 Å². The summed E-state index contributed by atoms with van der Waals surface area (Å²) in [5, 5.41) is 4.38. The van der Waals surface area contributed by atoms with E-state index in [1.807, 2.05) is 42.5 Å². The quantitative estimate of drug-likeness (QED) is 0.698. The maximum Gasteiger partial charge on any atom is 0.121 e. The lowest BCUT2D eigenvalue weighted by molar-refractivity contribution is 0.311. The van der Waals surface area contributed by atoms with Gasteiger partial charge in [-0.2, -0.15) is 0 Å². The standard InChI is InChI=1S/C16H16N2O2/c1-3-13-5-6-14(11-16(13)18-7-1)20-10-8-17-12-15-4-2-9-19-15/h1-7,9,11,17H,8,10,12H2. The van der Waals surface area contributed by atoms with Gasteiger partial charge in [0.05, 0.1) is 18.3 Å². The van der Waals surface area contributed by atoms with Gasteiger partial charge in [0, 0.05) is 24.2 Å². The summed E-state index contributed by atoms with van der Waals surface area (Å²) in [5.41, 5.74) is 0.952. The first-order valence-electron chi connectivity index (χ1n) is 6.62. The molecule has 0 bridgehead atoms. The van der Waals surface area contributed by atoms with Gasteiger partial charge in [-0.05, 0) is 30.3 Å². The fraction of sp³-hybridized carbons (Fsp3) is 0.188. The van der Waals surface area contributed by atoms with Gasteiger partial charge in [0.2, 0.25) is 0 Å². The number of hydrogen-bond donors (Lipinski definition) is 1. The van der Waals surface area contributed by atoms with Gasteiger partial charge in [-0.3, -0.25) is 4.98 Å². The Morgan fingerprint density at radius 1 is 1.15 bits per heavy atom. The number of aromatic nitrogens is 1. The first-order chi connectivity index (χ1) is 9.92. The summed E-state index contributed by atoms with van der Waals surface area (Å²) >= 11 is 0. The third-order valence-electron chi connectivity index (χ3n) is 3.00. The zero-order valence-corrected chi connectivity index (χ0v) is 11.1. The molecule has 1 N–H and O–H groups in total. The van der Waals surface area contributed by atoms with Crippen LogP contribution in [0.1, 0.15) is 5.76 Å². The summed E-state index contributed by atoms with van der Waals surface area (Å²) in [6, 6.07) is 13.8. The summed E-state index contributed by atoms with van der Waals surface area (Å²) in [5.74, 6) is 1.77. The molecule has 0 unspecified atom stereocenters. The topological polar surface area (TPSA) is 47.3 Å². The van der Waals surface area contributed by atoms with Crippen molar-refractivity contribution in [2.45, 2.75) is 6.54 Å². The Labute approximate surface area is 117 Å². The predicted molar refractivity (Wildman–Crippen MR) is 77.7 cm³/mol. The summed E-state index contributed by atoms with van der Waals surface area (Å²) in [7, 11) is 0. The van der Waals surface area contributed by atoms with Gasteiger partial charge in [-0.25, -0.2) is 0 Å². The van der Waals surface area contributed by atoms with Crippen LogP contribution in [0.4, 0.5) is 0 Å². The van der Waals surface area contributed by atoms with Gasteiger partial charge in [0.15, 0.2) is 0 Å². The Morgan fingerprint density at radius 3 is 3.05 bits per heavy atom. The van der Waals surface area contributed by atoms with Crippen molar-refractivity contribution in [2.24, 2.45) is 0 Å². The number of nitrogens with one attached hydrogen (secondary N) is 1. The molecule has 2 aromatic heterocycles. The number of ether oxygens (including phenoxy) is 1. The molecule has 0 aliphatic heterocycles. The van der Waals surface area contributed by atoms with Gasteiger partial charge < -0.3 is 14.5 Å². The van der Waals surface area contributed by atoms with E-state index < -0.39 is 0 Å². The Kier molecular flexibility index (Phi) is 3.94. The van der Waals surface area contributed by atoms with Crippen LogP contribution in [0.25, 0.3) is 10.9 Å². The molecule has 3 rings (SSSR count). The second-order valence-corrected chi connectivity index (χ2v) is 4.46. The fourth-order valence-electron chi connectivity index (χ4n) is 2.00. The molecule has 1 aromatic carbocycles. The number of fused-ring (bicyclic) bond motifs is 1. The zero-order chi connectivity index (χ0) is 13.6. The van der Waals surface area contributed by atoms with Gasteiger partial charge in [-0.15, -0.1) is 0 Å². The average Bonchev–Trinajstić information content (AvgIpc) is 3.00. The predicted octanol–water partition coefficient (Wildman–Crippen LogP) is 3.00. The Morgan fingerprint density at radius 2 is 2.15 bits per heavy atom. The molecule has 2 heterocycles. The maximum absolute atomic E-state index is 5.70. The van der Waals surface area contributed by atoms with Crippen LogP contribution < -0.4 is 10.1 Å².